The number of aliphatic carboxylic acids is 1. The van der Waals surface area contributed by atoms with Crippen LogP contribution in [0.4, 0.5) is 0 Å². The van der Waals surface area contributed by atoms with Gasteiger partial charge in [-0.1, -0.05) is 26.7 Å². The van der Waals surface area contributed by atoms with Crippen molar-refractivity contribution in [1.29, 1.82) is 0 Å². The third-order valence-corrected chi connectivity index (χ3v) is 4.96. The molecule has 1 aliphatic rings. The summed E-state index contributed by atoms with van der Waals surface area (Å²) in [6.07, 6.45) is 3.73. The first-order valence-electron chi connectivity index (χ1n) is 6.40. The first kappa shape index (κ1) is 15.4. The highest BCUT2D eigenvalue weighted by atomic mass is 32.2. The van der Waals surface area contributed by atoms with Gasteiger partial charge in [0.2, 0.25) is 0 Å². The normalized spacial score (nSPS) is 20.6. The van der Waals surface area contributed by atoms with E-state index in [0.717, 1.165) is 30.4 Å². The molecule has 106 valence electrons. The zero-order valence-corrected chi connectivity index (χ0v) is 11.8. The largest absolute Gasteiger partial charge is 0.544 e. The van der Waals surface area contributed by atoms with Crippen LogP contribution < -0.4 is 9.83 Å². The molecular formula is C11H22N2O4S. The SMILES string of the molecule is CC(C)[C@H]([NH2+]S(=O)(=O)N1CCCCCC1)C(=O)[O-]. The van der Waals surface area contributed by atoms with Gasteiger partial charge in [-0.25, -0.2) is 4.72 Å². The summed E-state index contributed by atoms with van der Waals surface area (Å²) in [5.41, 5.74) is 0. The van der Waals surface area contributed by atoms with Gasteiger partial charge in [0, 0.05) is 19.0 Å². The number of carboxylic acids is 1. The Labute approximate surface area is 109 Å². The average molecular weight is 278 g/mol. The summed E-state index contributed by atoms with van der Waals surface area (Å²) in [5, 5.41) is 10.9. The number of carbonyl (C=O) groups excluding carboxylic acids is 1. The minimum atomic E-state index is -3.61. The van der Waals surface area contributed by atoms with Gasteiger partial charge in [0.15, 0.2) is 0 Å². The molecule has 0 unspecified atom stereocenters. The number of nitrogens with zero attached hydrogens (tertiary/aromatic N) is 1. The molecule has 1 fully saturated rings. The Kier molecular flexibility index (Phi) is 5.55. The molecule has 0 bridgehead atoms. The van der Waals surface area contributed by atoms with Gasteiger partial charge in [-0.05, 0) is 12.8 Å². The Morgan fingerprint density at radius 2 is 1.67 bits per heavy atom. The fourth-order valence-electron chi connectivity index (χ4n) is 2.05. The number of carbonyl (C=O) groups is 1. The summed E-state index contributed by atoms with van der Waals surface area (Å²) in [4.78, 5) is 10.9. The quantitative estimate of drug-likeness (QED) is 0.658. The first-order valence-corrected chi connectivity index (χ1v) is 7.91. The molecule has 0 aromatic rings. The summed E-state index contributed by atoms with van der Waals surface area (Å²) in [5.74, 6) is -1.62. The van der Waals surface area contributed by atoms with Crippen LogP contribution in [-0.2, 0) is 15.0 Å². The Balaban J connectivity index is 2.75. The van der Waals surface area contributed by atoms with Crippen molar-refractivity contribution in [2.75, 3.05) is 13.1 Å². The number of nitrogens with two attached hydrogens (primary N) is 1. The second-order valence-corrected chi connectivity index (χ2v) is 6.90. The Morgan fingerprint density at radius 1 is 1.17 bits per heavy atom. The van der Waals surface area contributed by atoms with Crippen LogP contribution in [0.15, 0.2) is 0 Å². The molecule has 0 radical (unpaired) electrons. The summed E-state index contributed by atoms with van der Waals surface area (Å²) in [6.45, 7) is 4.32. The fourth-order valence-corrected chi connectivity index (χ4v) is 3.79. The van der Waals surface area contributed by atoms with E-state index in [-0.39, 0.29) is 5.92 Å². The maximum atomic E-state index is 12.1. The van der Waals surface area contributed by atoms with Crippen molar-refractivity contribution in [2.24, 2.45) is 5.92 Å². The highest BCUT2D eigenvalue weighted by molar-refractivity contribution is 7.82. The lowest BCUT2D eigenvalue weighted by Crippen LogP contribution is -2.98. The van der Waals surface area contributed by atoms with Gasteiger partial charge in [-0.2, -0.15) is 12.7 Å². The molecule has 0 aromatic carbocycles. The van der Waals surface area contributed by atoms with Crippen LogP contribution in [0.3, 0.4) is 0 Å². The number of quaternary nitrogens is 1. The van der Waals surface area contributed by atoms with Crippen molar-refractivity contribution in [3.63, 3.8) is 0 Å². The molecule has 1 saturated heterocycles. The first-order chi connectivity index (χ1) is 8.34. The maximum absolute atomic E-state index is 12.1. The topological polar surface area (TPSA) is 94.1 Å². The summed E-state index contributed by atoms with van der Waals surface area (Å²) in [6, 6.07) is -1.06. The smallest absolute Gasteiger partial charge is 0.369 e. The van der Waals surface area contributed by atoms with E-state index < -0.39 is 22.2 Å². The Hall–Kier alpha value is -0.660. The molecular weight excluding hydrogens is 256 g/mol. The van der Waals surface area contributed by atoms with Gasteiger partial charge in [-0.15, -0.1) is 0 Å². The van der Waals surface area contributed by atoms with Gasteiger partial charge >= 0.3 is 10.2 Å². The molecule has 0 saturated carbocycles. The van der Waals surface area contributed by atoms with Gasteiger partial charge in [0.1, 0.15) is 12.0 Å². The van der Waals surface area contributed by atoms with Crippen LogP contribution >= 0.6 is 0 Å². The van der Waals surface area contributed by atoms with E-state index in [1.807, 2.05) is 0 Å². The molecule has 0 spiro atoms. The molecule has 6 nitrogen and oxygen atoms in total. The Bertz CT molecular complexity index is 373. The lowest BCUT2D eigenvalue weighted by molar-refractivity contribution is -0.551. The van der Waals surface area contributed by atoms with Crippen molar-refractivity contribution < 1.29 is 23.0 Å². The molecule has 2 N–H and O–H groups in total. The summed E-state index contributed by atoms with van der Waals surface area (Å²) >= 11 is 0. The molecule has 0 aromatic heterocycles. The summed E-state index contributed by atoms with van der Waals surface area (Å²) < 4.78 is 26.6. The molecule has 1 aliphatic heterocycles. The number of hydrogen-bond donors (Lipinski definition) is 1. The predicted molar refractivity (Wildman–Crippen MR) is 64.5 cm³/mol. The lowest BCUT2D eigenvalue weighted by Gasteiger charge is -2.24. The van der Waals surface area contributed by atoms with Crippen molar-refractivity contribution in [2.45, 2.75) is 45.6 Å². The third-order valence-electron chi connectivity index (χ3n) is 3.23. The summed E-state index contributed by atoms with van der Waals surface area (Å²) in [7, 11) is -3.61. The molecule has 1 atom stereocenters. The van der Waals surface area contributed by atoms with Crippen molar-refractivity contribution >= 4 is 16.2 Å². The molecule has 18 heavy (non-hydrogen) atoms. The van der Waals surface area contributed by atoms with E-state index in [1.165, 1.54) is 4.31 Å². The highest BCUT2D eigenvalue weighted by Crippen LogP contribution is 2.11. The van der Waals surface area contributed by atoms with E-state index in [1.54, 1.807) is 13.8 Å². The van der Waals surface area contributed by atoms with E-state index in [4.69, 9.17) is 0 Å². The van der Waals surface area contributed by atoms with Crippen LogP contribution in [0.2, 0.25) is 0 Å². The van der Waals surface area contributed by atoms with Crippen LogP contribution in [0.5, 0.6) is 0 Å². The predicted octanol–water partition coefficient (Wildman–Crippen LogP) is -1.55. The van der Waals surface area contributed by atoms with Crippen LogP contribution in [0.1, 0.15) is 39.5 Å². The second kappa shape index (κ2) is 6.49. The minimum absolute atomic E-state index is 0.295. The van der Waals surface area contributed by atoms with Gasteiger partial charge in [0.25, 0.3) is 0 Å². The van der Waals surface area contributed by atoms with Crippen molar-refractivity contribution in [1.82, 2.24) is 4.31 Å². The number of hydrogen-bond acceptors (Lipinski definition) is 4. The van der Waals surface area contributed by atoms with E-state index in [2.05, 4.69) is 0 Å². The molecule has 0 aliphatic carbocycles. The molecule has 7 heteroatoms. The van der Waals surface area contributed by atoms with E-state index in [9.17, 15) is 18.3 Å². The average Bonchev–Trinajstić information content (AvgIpc) is 2.54. The number of carboxylic acid groups (broad SMARTS) is 1. The van der Waals surface area contributed by atoms with Gasteiger partial charge in [-0.3, -0.25) is 0 Å². The van der Waals surface area contributed by atoms with Crippen molar-refractivity contribution in [3.05, 3.63) is 0 Å². The molecule has 1 rings (SSSR count). The zero-order valence-electron chi connectivity index (χ0n) is 11.0. The maximum Gasteiger partial charge on any atom is 0.369 e. The monoisotopic (exact) mass is 278 g/mol. The fraction of sp³-hybridized carbons (Fsp3) is 0.909. The van der Waals surface area contributed by atoms with Crippen molar-refractivity contribution in [3.8, 4) is 0 Å². The van der Waals surface area contributed by atoms with Crippen LogP contribution in [0, 0.1) is 5.92 Å². The standard InChI is InChI=1S/C11H22N2O4S/c1-9(2)10(11(14)15)12-18(16,17)13-7-5-3-4-6-8-13/h9-10,12H,3-8H2,1-2H3,(H,14,15)/t10-/m0/s1. The van der Waals surface area contributed by atoms with E-state index in [0.29, 0.717) is 13.1 Å². The second-order valence-electron chi connectivity index (χ2n) is 5.08. The third kappa shape index (κ3) is 4.22. The van der Waals surface area contributed by atoms with Crippen LogP contribution in [-0.4, -0.2) is 37.8 Å². The molecule has 0 amide bonds. The highest BCUT2D eigenvalue weighted by Gasteiger charge is 2.31. The minimum Gasteiger partial charge on any atom is -0.544 e. The van der Waals surface area contributed by atoms with E-state index >= 15 is 0 Å². The van der Waals surface area contributed by atoms with Gasteiger partial charge in [0.05, 0.1) is 0 Å². The molecule has 1 heterocycles. The van der Waals surface area contributed by atoms with Gasteiger partial charge < -0.3 is 9.90 Å². The Morgan fingerprint density at radius 3 is 2.06 bits per heavy atom. The van der Waals surface area contributed by atoms with Crippen LogP contribution in [0.25, 0.3) is 0 Å². The number of rotatable bonds is 5. The lowest BCUT2D eigenvalue weighted by atomic mass is 10.1. The zero-order chi connectivity index (χ0) is 13.8.